The Morgan fingerprint density at radius 2 is 1.64 bits per heavy atom. The fourth-order valence-electron chi connectivity index (χ4n) is 8.10. The molecule has 4 heterocycles. The van der Waals surface area contributed by atoms with Crippen LogP contribution in [0.25, 0.3) is 56.2 Å². The van der Waals surface area contributed by atoms with Crippen molar-refractivity contribution < 1.29 is 36.6 Å². The molecule has 2 aliphatic heterocycles. The van der Waals surface area contributed by atoms with Gasteiger partial charge in [-0.25, -0.2) is 9.97 Å². The van der Waals surface area contributed by atoms with E-state index in [-0.39, 0.29) is 30.5 Å². The van der Waals surface area contributed by atoms with Crippen LogP contribution in [-0.2, 0) is 17.9 Å². The number of likely N-dealkylation sites (tertiary alicyclic amines) is 2. The minimum Gasteiger partial charge on any atom is -0.480 e. The molecule has 282 valence electrons. The summed E-state index contributed by atoms with van der Waals surface area (Å²) in [5.74, 6) is -0.314. The van der Waals surface area contributed by atoms with Gasteiger partial charge in [-0.1, -0.05) is 24.3 Å². The van der Waals surface area contributed by atoms with Gasteiger partial charge in [-0.15, -0.1) is 0 Å². The van der Waals surface area contributed by atoms with E-state index in [4.69, 9.17) is 23.5 Å². The second-order valence-corrected chi connectivity index (χ2v) is 14.4. The fourth-order valence-corrected chi connectivity index (χ4v) is 8.10. The van der Waals surface area contributed by atoms with E-state index in [1.54, 1.807) is 11.0 Å². The molecule has 2 fully saturated rings. The molecule has 2 atom stereocenters. The lowest BCUT2D eigenvalue weighted by atomic mass is 9.91. The Kier molecular flexibility index (Phi) is 9.79. The van der Waals surface area contributed by atoms with E-state index < -0.39 is 18.6 Å². The van der Waals surface area contributed by atoms with Crippen molar-refractivity contribution in [2.24, 2.45) is 5.92 Å². The zero-order chi connectivity index (χ0) is 38.4. The van der Waals surface area contributed by atoms with Gasteiger partial charge in [0.15, 0.2) is 11.2 Å². The molecule has 55 heavy (non-hydrogen) atoms. The predicted octanol–water partition coefficient (Wildman–Crippen LogP) is 8.90. The Morgan fingerprint density at radius 3 is 2.29 bits per heavy atom. The zero-order valence-electron chi connectivity index (χ0n) is 30.3. The number of nitrogens with zero attached hydrogens (tertiary/aromatic N) is 5. The predicted molar refractivity (Wildman–Crippen MR) is 199 cm³/mol. The molecule has 2 aliphatic rings. The number of nitriles is 1. The molecule has 0 bridgehead atoms. The summed E-state index contributed by atoms with van der Waals surface area (Å²) < 4.78 is 57.5. The third kappa shape index (κ3) is 7.03. The number of oxazole rings is 2. The summed E-state index contributed by atoms with van der Waals surface area (Å²) in [4.78, 5) is 25.3. The molecule has 2 aromatic heterocycles. The maximum absolute atomic E-state index is 13.5. The number of fused-ring (bicyclic) bond motifs is 2. The van der Waals surface area contributed by atoms with Crippen LogP contribution in [0, 0.1) is 31.1 Å². The number of carbonyl (C=O) groups is 1. The van der Waals surface area contributed by atoms with Crippen molar-refractivity contribution in [3.8, 4) is 45.9 Å². The van der Waals surface area contributed by atoms with Crippen LogP contribution in [0.1, 0.15) is 47.1 Å². The summed E-state index contributed by atoms with van der Waals surface area (Å²) in [7, 11) is 0. The Labute approximate surface area is 314 Å². The monoisotopic (exact) mass is 749 g/mol. The van der Waals surface area contributed by atoms with E-state index in [0.29, 0.717) is 77.6 Å². The van der Waals surface area contributed by atoms with E-state index in [0.717, 1.165) is 46.3 Å². The van der Waals surface area contributed by atoms with Gasteiger partial charge < -0.3 is 18.7 Å². The van der Waals surface area contributed by atoms with Crippen molar-refractivity contribution >= 4 is 28.2 Å². The van der Waals surface area contributed by atoms with Crippen LogP contribution in [-0.4, -0.2) is 69.8 Å². The molecule has 2 saturated heterocycles. The minimum atomic E-state index is -3.08. The van der Waals surface area contributed by atoms with Crippen LogP contribution in [0.3, 0.4) is 0 Å². The lowest BCUT2D eigenvalue weighted by Crippen LogP contribution is -2.35. The van der Waals surface area contributed by atoms with Gasteiger partial charge in [0.05, 0.1) is 12.2 Å². The molecule has 0 radical (unpaired) electrons. The van der Waals surface area contributed by atoms with E-state index in [9.17, 15) is 28.3 Å². The molecule has 8 rings (SSSR count). The van der Waals surface area contributed by atoms with E-state index in [2.05, 4.69) is 11.0 Å². The number of rotatable bonds is 11. The van der Waals surface area contributed by atoms with Gasteiger partial charge in [0.2, 0.25) is 11.8 Å². The van der Waals surface area contributed by atoms with Gasteiger partial charge in [0.25, 0.3) is 0 Å². The summed E-state index contributed by atoms with van der Waals surface area (Å²) in [6, 6.07) is 19.9. The summed E-state index contributed by atoms with van der Waals surface area (Å²) in [6.07, 6.45) is 2.00. The van der Waals surface area contributed by atoms with Crippen LogP contribution in [0.2, 0.25) is 0 Å². The lowest BCUT2D eigenvalue weighted by molar-refractivity contribution is -0.142. The number of carboxylic acids is 1. The average molecular weight is 750 g/mol. The number of halogens is 3. The quantitative estimate of drug-likeness (QED) is 0.137. The van der Waals surface area contributed by atoms with Crippen molar-refractivity contribution in [2.75, 3.05) is 26.3 Å². The Bertz CT molecular complexity index is 2470. The van der Waals surface area contributed by atoms with Crippen LogP contribution in [0.4, 0.5) is 13.2 Å². The summed E-state index contributed by atoms with van der Waals surface area (Å²) >= 11 is 0. The summed E-state index contributed by atoms with van der Waals surface area (Å²) in [6.45, 7) is 3.27. The molecule has 1 N–H and O–H groups in total. The minimum absolute atomic E-state index is 0.0466. The Hall–Kier alpha value is -5.71. The second kappa shape index (κ2) is 14.8. The molecule has 0 unspecified atom stereocenters. The van der Waals surface area contributed by atoms with Gasteiger partial charge in [-0.2, -0.15) is 14.0 Å². The maximum atomic E-state index is 13.5. The highest BCUT2D eigenvalue weighted by molar-refractivity contribution is 5.86. The van der Waals surface area contributed by atoms with Crippen molar-refractivity contribution in [2.45, 2.75) is 58.9 Å². The van der Waals surface area contributed by atoms with Gasteiger partial charge in [0, 0.05) is 48.3 Å². The third-order valence-electron chi connectivity index (χ3n) is 10.9. The first-order valence-corrected chi connectivity index (χ1v) is 18.3. The highest BCUT2D eigenvalue weighted by Gasteiger charge is 2.32. The molecule has 0 saturated carbocycles. The van der Waals surface area contributed by atoms with Gasteiger partial charge >= 0.3 is 12.6 Å². The number of aromatic nitrogens is 2. The van der Waals surface area contributed by atoms with Gasteiger partial charge in [0.1, 0.15) is 28.9 Å². The fraction of sp³-hybridized carbons (Fsp3) is 0.333. The summed E-state index contributed by atoms with van der Waals surface area (Å²) in [5, 5.41) is 19.7. The second-order valence-electron chi connectivity index (χ2n) is 14.4. The van der Waals surface area contributed by atoms with Gasteiger partial charge in [-0.3, -0.25) is 19.0 Å². The third-order valence-corrected chi connectivity index (χ3v) is 10.9. The van der Waals surface area contributed by atoms with Crippen molar-refractivity contribution in [1.29, 1.82) is 5.26 Å². The molecule has 4 aromatic carbocycles. The van der Waals surface area contributed by atoms with E-state index in [1.165, 1.54) is 6.07 Å². The standard InChI is InChI=1S/C42H38F3N5O5/c1-23-29(6-3-8-31(23)39-47-33-16-28(22-50-12-5-10-35(50)41(51)52)36(54-42(44)45)17-37(33)53-39)30-7-4-9-32(24(30)2)40-48-34-15-26(14-27(19-46)38(34)55-40)21-49-13-11-25(18-43)20-49/h3-4,6-9,14-17,25,35,42H,5,10-13,18,20-22H2,1-2H3,(H,51,52)/t25-,35-/m0/s1. The molecule has 0 aliphatic carbocycles. The van der Waals surface area contributed by atoms with E-state index in [1.807, 2.05) is 62.4 Å². The Balaban J connectivity index is 1.12. The van der Waals surface area contributed by atoms with Crippen molar-refractivity contribution in [3.05, 3.63) is 88.5 Å². The number of aliphatic carboxylic acids is 1. The first kappa shape index (κ1) is 36.3. The number of alkyl halides is 3. The number of hydrogen-bond acceptors (Lipinski definition) is 9. The largest absolute Gasteiger partial charge is 0.480 e. The van der Waals surface area contributed by atoms with Crippen LogP contribution in [0.15, 0.2) is 69.5 Å². The first-order valence-electron chi connectivity index (χ1n) is 18.3. The normalized spacial score (nSPS) is 17.8. The maximum Gasteiger partial charge on any atom is 0.387 e. The molecular weight excluding hydrogens is 711 g/mol. The van der Waals surface area contributed by atoms with Crippen LogP contribution in [0.5, 0.6) is 5.75 Å². The number of hydrogen-bond donors (Lipinski definition) is 1. The summed E-state index contributed by atoms with van der Waals surface area (Å²) in [5.41, 5.74) is 8.45. The smallest absolute Gasteiger partial charge is 0.387 e. The van der Waals surface area contributed by atoms with Crippen LogP contribution < -0.4 is 4.74 Å². The van der Waals surface area contributed by atoms with Gasteiger partial charge in [-0.05, 0) is 104 Å². The highest BCUT2D eigenvalue weighted by Crippen LogP contribution is 2.39. The number of carboxylic acid groups (broad SMARTS) is 1. The highest BCUT2D eigenvalue weighted by atomic mass is 19.3. The average Bonchev–Trinajstić information content (AvgIpc) is 3.98. The molecular formula is C42H38F3N5O5. The zero-order valence-corrected chi connectivity index (χ0v) is 30.3. The Morgan fingerprint density at radius 1 is 0.945 bits per heavy atom. The van der Waals surface area contributed by atoms with Crippen LogP contribution >= 0.6 is 0 Å². The topological polar surface area (TPSA) is 129 Å². The lowest BCUT2D eigenvalue weighted by Gasteiger charge is -2.22. The molecule has 13 heteroatoms. The van der Waals surface area contributed by atoms with E-state index >= 15 is 0 Å². The number of benzene rings is 4. The molecule has 10 nitrogen and oxygen atoms in total. The van der Waals surface area contributed by atoms with Crippen molar-refractivity contribution in [3.63, 3.8) is 0 Å². The molecule has 6 aromatic rings. The SMILES string of the molecule is Cc1c(-c2nc3cc(CN4CCC[C@H]4C(=O)O)c(OC(F)F)cc3o2)cccc1-c1cccc(-c2nc3cc(CN4CC[C@@H](CF)C4)cc(C#N)c3o2)c1C. The number of ether oxygens (including phenoxy) is 1. The molecule has 0 spiro atoms. The molecule has 0 amide bonds. The first-order chi connectivity index (χ1) is 26.6. The van der Waals surface area contributed by atoms with Crippen molar-refractivity contribution in [1.82, 2.24) is 19.8 Å².